The molecular formula is C50H55BN2O. The number of aryl methyl sites for hydroxylation is 2. The molecule has 54 heavy (non-hydrogen) atoms. The van der Waals surface area contributed by atoms with Gasteiger partial charge in [0.1, 0.15) is 5.58 Å². The van der Waals surface area contributed by atoms with Gasteiger partial charge in [-0.3, -0.25) is 4.90 Å². The first kappa shape index (κ1) is 35.0. The van der Waals surface area contributed by atoms with E-state index >= 15 is 0 Å². The normalized spacial score (nSPS) is 16.9. The van der Waals surface area contributed by atoms with Crippen molar-refractivity contribution in [2.75, 3.05) is 9.80 Å². The molecule has 2 aliphatic heterocycles. The van der Waals surface area contributed by atoms with E-state index in [-0.39, 0.29) is 28.4 Å². The summed E-state index contributed by atoms with van der Waals surface area (Å²) in [5.41, 5.74) is 19.5. The van der Waals surface area contributed by atoms with Gasteiger partial charge in [-0.25, -0.2) is 0 Å². The molecule has 3 heterocycles. The van der Waals surface area contributed by atoms with E-state index in [1.54, 1.807) is 0 Å². The lowest BCUT2D eigenvalue weighted by Crippen LogP contribution is -2.61. The zero-order chi connectivity index (χ0) is 38.3. The maximum atomic E-state index is 7.04. The van der Waals surface area contributed by atoms with Gasteiger partial charge in [0.2, 0.25) is 5.88 Å². The molecule has 4 heteroatoms. The number of anilines is 6. The van der Waals surface area contributed by atoms with Crippen LogP contribution in [0.15, 0.2) is 95.4 Å². The second-order valence-corrected chi connectivity index (χ2v) is 19.9. The Hall–Kier alpha value is -4.70. The van der Waals surface area contributed by atoms with Crippen LogP contribution < -0.4 is 26.2 Å². The largest absolute Gasteiger partial charge is 0.440 e. The third kappa shape index (κ3) is 5.15. The van der Waals surface area contributed by atoms with Gasteiger partial charge in [0.05, 0.1) is 0 Å². The average Bonchev–Trinajstić information content (AvgIpc) is 3.48. The molecule has 0 spiro atoms. The number of benzene rings is 5. The van der Waals surface area contributed by atoms with E-state index in [1.165, 1.54) is 90.7 Å². The molecule has 1 aromatic heterocycles. The first-order valence-corrected chi connectivity index (χ1v) is 20.0. The van der Waals surface area contributed by atoms with Gasteiger partial charge in [-0.1, -0.05) is 118 Å². The molecule has 274 valence electrons. The molecular weight excluding hydrogens is 655 g/mol. The van der Waals surface area contributed by atoms with E-state index < -0.39 is 0 Å². The molecule has 0 saturated heterocycles. The molecule has 0 unspecified atom stereocenters. The van der Waals surface area contributed by atoms with Crippen molar-refractivity contribution >= 4 is 68.4 Å². The molecule has 5 aromatic carbocycles. The molecule has 9 rings (SSSR count). The highest BCUT2D eigenvalue weighted by atomic mass is 16.4. The number of rotatable bonds is 2. The fourth-order valence-corrected chi connectivity index (χ4v) is 9.66. The maximum absolute atomic E-state index is 7.04. The second-order valence-electron chi connectivity index (χ2n) is 19.9. The second kappa shape index (κ2) is 11.4. The minimum absolute atomic E-state index is 0.00546. The number of fused-ring (bicyclic) bond motifs is 7. The van der Waals surface area contributed by atoms with Crippen LogP contribution in [-0.2, 0) is 21.7 Å². The molecule has 0 fully saturated rings. The SMILES string of the molecule is Cc1cc2c3c(c1)N(c1ccc(C(C)(C)C)cc1)c1oc4ccccc4c1B3c1cc3c(cc1N2c1ccc(C(C)(C)C)cc1C)C(C)(C)CCC3(C)C. The van der Waals surface area contributed by atoms with Crippen molar-refractivity contribution in [3.8, 4) is 0 Å². The summed E-state index contributed by atoms with van der Waals surface area (Å²) in [6.07, 6.45) is 2.35. The van der Waals surface area contributed by atoms with Gasteiger partial charge in [0.15, 0.2) is 0 Å². The van der Waals surface area contributed by atoms with Crippen LogP contribution in [0, 0.1) is 13.8 Å². The Bertz CT molecular complexity index is 2500. The molecule has 6 aromatic rings. The Labute approximate surface area is 323 Å². The monoisotopic (exact) mass is 710 g/mol. The summed E-state index contributed by atoms with van der Waals surface area (Å²) in [6, 6.07) is 35.0. The van der Waals surface area contributed by atoms with Crippen molar-refractivity contribution in [3.05, 3.63) is 124 Å². The molecule has 3 aliphatic rings. The van der Waals surface area contributed by atoms with Crippen LogP contribution in [0.2, 0.25) is 0 Å². The van der Waals surface area contributed by atoms with Crippen molar-refractivity contribution in [2.24, 2.45) is 0 Å². The van der Waals surface area contributed by atoms with Crippen LogP contribution in [0.1, 0.15) is 115 Å². The van der Waals surface area contributed by atoms with E-state index in [2.05, 4.69) is 184 Å². The van der Waals surface area contributed by atoms with Crippen LogP contribution in [-0.4, -0.2) is 6.71 Å². The fourth-order valence-electron chi connectivity index (χ4n) is 9.66. The number of hydrogen-bond donors (Lipinski definition) is 0. The summed E-state index contributed by atoms with van der Waals surface area (Å²) < 4.78 is 7.04. The van der Waals surface area contributed by atoms with E-state index in [4.69, 9.17) is 4.42 Å². The van der Waals surface area contributed by atoms with E-state index in [0.717, 1.165) is 17.2 Å². The van der Waals surface area contributed by atoms with Crippen molar-refractivity contribution in [3.63, 3.8) is 0 Å². The standard InChI is InChI=1S/C50H55BN2O/c1-30-25-41-45-42(26-30)53(39-22-19-33(27-31(39)2)48(6,7)8)40-29-37-36(49(9,10)23-24-50(37,11)12)28-38(40)51(45)44-35-15-13-14-16-43(35)54-46(44)52(41)34-20-17-32(18-21-34)47(3,4)5/h13-22,25-29H,23-24H2,1-12H3. The Morgan fingerprint density at radius 1 is 0.593 bits per heavy atom. The first-order chi connectivity index (χ1) is 25.3. The number of furan rings is 1. The molecule has 0 N–H and O–H groups in total. The quantitative estimate of drug-likeness (QED) is 0.167. The highest BCUT2D eigenvalue weighted by Gasteiger charge is 2.48. The van der Waals surface area contributed by atoms with Gasteiger partial charge in [-0.05, 0) is 135 Å². The molecule has 0 atom stereocenters. The fraction of sp³-hybridized carbons (Fsp3) is 0.360. The predicted octanol–water partition coefficient (Wildman–Crippen LogP) is 12.1. The minimum Gasteiger partial charge on any atom is -0.440 e. The topological polar surface area (TPSA) is 19.6 Å². The summed E-state index contributed by atoms with van der Waals surface area (Å²) in [5, 5.41) is 1.19. The van der Waals surface area contributed by atoms with Crippen molar-refractivity contribution < 1.29 is 4.42 Å². The van der Waals surface area contributed by atoms with Crippen LogP contribution in [0.4, 0.5) is 34.3 Å². The molecule has 1 aliphatic carbocycles. The van der Waals surface area contributed by atoms with Crippen LogP contribution >= 0.6 is 0 Å². The number of hydrogen-bond acceptors (Lipinski definition) is 3. The van der Waals surface area contributed by atoms with E-state index in [1.807, 2.05) is 0 Å². The molecule has 3 nitrogen and oxygen atoms in total. The lowest BCUT2D eigenvalue weighted by atomic mass is 9.33. The van der Waals surface area contributed by atoms with Gasteiger partial charge in [0.25, 0.3) is 6.71 Å². The number of nitrogens with zero attached hydrogens (tertiary/aromatic N) is 2. The molecule has 0 saturated carbocycles. The van der Waals surface area contributed by atoms with Crippen molar-refractivity contribution in [2.45, 2.75) is 118 Å². The predicted molar refractivity (Wildman–Crippen MR) is 232 cm³/mol. The van der Waals surface area contributed by atoms with Crippen LogP contribution in [0.3, 0.4) is 0 Å². The third-order valence-corrected chi connectivity index (χ3v) is 13.0. The lowest BCUT2D eigenvalue weighted by Gasteiger charge is -2.47. The highest BCUT2D eigenvalue weighted by molar-refractivity contribution is 7.01. The zero-order valence-corrected chi connectivity index (χ0v) is 34.5. The van der Waals surface area contributed by atoms with E-state index in [0.29, 0.717) is 0 Å². The zero-order valence-electron chi connectivity index (χ0n) is 34.5. The summed E-state index contributed by atoms with van der Waals surface area (Å²) in [6.45, 7) is 28.1. The van der Waals surface area contributed by atoms with Crippen molar-refractivity contribution in [1.82, 2.24) is 0 Å². The van der Waals surface area contributed by atoms with Crippen LogP contribution in [0.25, 0.3) is 11.0 Å². The third-order valence-electron chi connectivity index (χ3n) is 13.0. The molecule has 0 amide bonds. The average molecular weight is 711 g/mol. The Morgan fingerprint density at radius 3 is 1.81 bits per heavy atom. The maximum Gasteiger partial charge on any atom is 0.257 e. The first-order valence-electron chi connectivity index (χ1n) is 20.0. The summed E-state index contributed by atoms with van der Waals surface area (Å²) in [5.74, 6) is 0.927. The number of para-hydroxylation sites is 1. The van der Waals surface area contributed by atoms with Gasteiger partial charge in [-0.15, -0.1) is 0 Å². The van der Waals surface area contributed by atoms with Gasteiger partial charge >= 0.3 is 0 Å². The summed E-state index contributed by atoms with van der Waals surface area (Å²) in [4.78, 5) is 5.03. The Balaban J connectivity index is 1.41. The van der Waals surface area contributed by atoms with Gasteiger partial charge in [0, 0.05) is 39.3 Å². The van der Waals surface area contributed by atoms with Gasteiger partial charge in [-0.2, -0.15) is 0 Å². The Kier molecular flexibility index (Phi) is 7.41. The van der Waals surface area contributed by atoms with E-state index in [9.17, 15) is 0 Å². The minimum atomic E-state index is 0.00546. The smallest absolute Gasteiger partial charge is 0.257 e. The lowest BCUT2D eigenvalue weighted by molar-refractivity contribution is 0.332. The van der Waals surface area contributed by atoms with Crippen LogP contribution in [0.5, 0.6) is 0 Å². The molecule has 0 bridgehead atoms. The van der Waals surface area contributed by atoms with Gasteiger partial charge < -0.3 is 9.32 Å². The summed E-state index contributed by atoms with van der Waals surface area (Å²) >= 11 is 0. The summed E-state index contributed by atoms with van der Waals surface area (Å²) in [7, 11) is 0. The molecule has 0 radical (unpaired) electrons. The highest BCUT2D eigenvalue weighted by Crippen LogP contribution is 2.51. The van der Waals surface area contributed by atoms with Crippen molar-refractivity contribution in [1.29, 1.82) is 0 Å². The Morgan fingerprint density at radius 2 is 1.19 bits per heavy atom.